The van der Waals surface area contributed by atoms with Crippen molar-refractivity contribution in [1.82, 2.24) is 0 Å². The van der Waals surface area contributed by atoms with Crippen LogP contribution in [0.4, 0.5) is 0 Å². The number of ether oxygens (including phenoxy) is 2. The minimum Gasteiger partial charge on any atom is -0.508 e. The van der Waals surface area contributed by atoms with E-state index in [9.17, 15) is 0 Å². The summed E-state index contributed by atoms with van der Waals surface area (Å²) in [6.45, 7) is 0. The van der Waals surface area contributed by atoms with Crippen LogP contribution in [0.15, 0.2) is 54.6 Å². The molecule has 2 rings (SSSR count). The molecule has 0 aliphatic heterocycles. The summed E-state index contributed by atoms with van der Waals surface area (Å²) < 4.78 is 9.92. The van der Waals surface area contributed by atoms with Crippen LogP contribution in [0.5, 0.6) is 17.2 Å². The van der Waals surface area contributed by atoms with Crippen LogP contribution in [0.25, 0.3) is 0 Å². The molecular weight excluding hydrogens is 216 g/mol. The van der Waals surface area contributed by atoms with Gasteiger partial charge in [0.1, 0.15) is 17.2 Å². The molecule has 0 heterocycles. The number of hydrogen-bond acceptors (Lipinski definition) is 3. The molecule has 0 atom stereocenters. The van der Waals surface area contributed by atoms with E-state index in [0.717, 1.165) is 11.5 Å². The van der Waals surface area contributed by atoms with E-state index >= 15 is 0 Å². The molecule has 3 heteroatoms. The Bertz CT molecular complexity index is 386. The van der Waals surface area contributed by atoms with Crippen LogP contribution in [-0.4, -0.2) is 19.3 Å². The third-order valence-corrected chi connectivity index (χ3v) is 2.05. The molecule has 90 valence electrons. The maximum atomic E-state index is 8.63. The van der Waals surface area contributed by atoms with Crippen molar-refractivity contribution in [1.29, 1.82) is 0 Å². The number of methoxy groups -OCH3 is 2. The molecule has 2 aromatic rings. The topological polar surface area (TPSA) is 38.7 Å². The molecule has 0 saturated carbocycles. The van der Waals surface area contributed by atoms with E-state index in [2.05, 4.69) is 0 Å². The van der Waals surface area contributed by atoms with Gasteiger partial charge in [0.25, 0.3) is 0 Å². The van der Waals surface area contributed by atoms with Gasteiger partial charge in [-0.25, -0.2) is 0 Å². The van der Waals surface area contributed by atoms with Crippen LogP contribution < -0.4 is 9.47 Å². The zero-order valence-electron chi connectivity index (χ0n) is 9.96. The van der Waals surface area contributed by atoms with Crippen LogP contribution in [0.3, 0.4) is 0 Å². The molecule has 0 unspecified atom stereocenters. The van der Waals surface area contributed by atoms with E-state index < -0.39 is 0 Å². The van der Waals surface area contributed by atoms with Gasteiger partial charge in [0.2, 0.25) is 0 Å². The zero-order valence-corrected chi connectivity index (χ0v) is 9.96. The molecule has 0 fully saturated rings. The van der Waals surface area contributed by atoms with Crippen molar-refractivity contribution < 1.29 is 14.6 Å². The van der Waals surface area contributed by atoms with Crippen molar-refractivity contribution in [3.63, 3.8) is 0 Å². The van der Waals surface area contributed by atoms with Gasteiger partial charge in [0, 0.05) is 0 Å². The molecule has 0 saturated heterocycles. The number of phenolic OH excluding ortho intramolecular Hbond substituents is 1. The van der Waals surface area contributed by atoms with Gasteiger partial charge in [-0.05, 0) is 36.4 Å². The molecule has 1 N–H and O–H groups in total. The first-order valence-corrected chi connectivity index (χ1v) is 5.18. The summed E-state index contributed by atoms with van der Waals surface area (Å²) in [6, 6.07) is 16.2. The third-order valence-electron chi connectivity index (χ3n) is 2.05. The molecule has 3 nitrogen and oxygen atoms in total. The summed E-state index contributed by atoms with van der Waals surface area (Å²) in [6.07, 6.45) is 0. The maximum absolute atomic E-state index is 8.63. The number of aromatic hydroxyl groups is 1. The molecule has 17 heavy (non-hydrogen) atoms. The predicted molar refractivity (Wildman–Crippen MR) is 67.7 cm³/mol. The molecule has 0 amide bonds. The van der Waals surface area contributed by atoms with Gasteiger partial charge in [-0.2, -0.15) is 0 Å². The molecule has 2 aromatic carbocycles. The van der Waals surface area contributed by atoms with E-state index in [0.29, 0.717) is 5.75 Å². The van der Waals surface area contributed by atoms with Crippen molar-refractivity contribution in [2.24, 2.45) is 0 Å². The molecule has 0 aliphatic rings. The average Bonchev–Trinajstić information content (AvgIpc) is 2.40. The number of rotatable bonds is 2. The van der Waals surface area contributed by atoms with Crippen LogP contribution in [0.1, 0.15) is 0 Å². The highest BCUT2D eigenvalue weighted by molar-refractivity contribution is 5.30. The van der Waals surface area contributed by atoms with E-state index in [4.69, 9.17) is 14.6 Å². The third kappa shape index (κ3) is 4.93. The smallest absolute Gasteiger partial charge is 0.119 e. The Kier molecular flexibility index (Phi) is 5.44. The van der Waals surface area contributed by atoms with Crippen LogP contribution in [-0.2, 0) is 0 Å². The number of para-hydroxylation sites is 1. The summed E-state index contributed by atoms with van der Waals surface area (Å²) in [4.78, 5) is 0. The monoisotopic (exact) mass is 232 g/mol. The normalized spacial score (nSPS) is 8.82. The Labute approximate surface area is 101 Å². The Morgan fingerprint density at radius 2 is 1.12 bits per heavy atom. The highest BCUT2D eigenvalue weighted by atomic mass is 16.5. The van der Waals surface area contributed by atoms with Gasteiger partial charge in [0.15, 0.2) is 0 Å². The summed E-state index contributed by atoms with van der Waals surface area (Å²) in [7, 11) is 3.28. The fourth-order valence-corrected chi connectivity index (χ4v) is 1.14. The molecule has 0 aromatic heterocycles. The zero-order chi connectivity index (χ0) is 12.5. The van der Waals surface area contributed by atoms with E-state index in [1.165, 1.54) is 0 Å². The largest absolute Gasteiger partial charge is 0.508 e. The van der Waals surface area contributed by atoms with Crippen LogP contribution in [0.2, 0.25) is 0 Å². The summed E-state index contributed by atoms with van der Waals surface area (Å²) in [5.74, 6) is 2.02. The molecule has 0 aliphatic carbocycles. The second kappa shape index (κ2) is 7.17. The van der Waals surface area contributed by atoms with E-state index in [1.807, 2.05) is 30.3 Å². The molecule has 0 spiro atoms. The van der Waals surface area contributed by atoms with E-state index in [-0.39, 0.29) is 0 Å². The fraction of sp³-hybridized carbons (Fsp3) is 0.143. The number of phenols is 1. The summed E-state index contributed by atoms with van der Waals surface area (Å²) in [5, 5.41) is 8.63. The van der Waals surface area contributed by atoms with Gasteiger partial charge in [-0.3, -0.25) is 0 Å². The standard InChI is InChI=1S/C8H10O2.C6H6O/c1-9-7-3-5-8(10-2)6-4-7;7-6-4-2-1-3-5-6/h3-6H,1-2H3;1-5,7H. The van der Waals surface area contributed by atoms with E-state index in [1.54, 1.807) is 38.5 Å². The lowest BCUT2D eigenvalue weighted by Crippen LogP contribution is -1.83. The lowest BCUT2D eigenvalue weighted by molar-refractivity contribution is 0.403. The van der Waals surface area contributed by atoms with Crippen molar-refractivity contribution in [3.05, 3.63) is 54.6 Å². The first-order chi connectivity index (χ1) is 8.26. The number of hydrogen-bond donors (Lipinski definition) is 1. The van der Waals surface area contributed by atoms with Crippen molar-refractivity contribution in [2.45, 2.75) is 0 Å². The highest BCUT2D eigenvalue weighted by Gasteiger charge is 1.89. The second-order valence-electron chi connectivity index (χ2n) is 3.22. The summed E-state index contributed by atoms with van der Waals surface area (Å²) in [5.41, 5.74) is 0. The van der Waals surface area contributed by atoms with Crippen molar-refractivity contribution in [3.8, 4) is 17.2 Å². The van der Waals surface area contributed by atoms with Gasteiger partial charge < -0.3 is 14.6 Å². The second-order valence-corrected chi connectivity index (χ2v) is 3.22. The molecular formula is C14H16O3. The van der Waals surface area contributed by atoms with Crippen molar-refractivity contribution in [2.75, 3.05) is 14.2 Å². The van der Waals surface area contributed by atoms with Gasteiger partial charge in [0.05, 0.1) is 14.2 Å². The first kappa shape index (κ1) is 12.9. The number of benzene rings is 2. The Morgan fingerprint density at radius 3 is 1.35 bits per heavy atom. The van der Waals surface area contributed by atoms with Crippen LogP contribution in [0, 0.1) is 0 Å². The van der Waals surface area contributed by atoms with Crippen LogP contribution >= 0.6 is 0 Å². The SMILES string of the molecule is COc1ccc(OC)cc1.Oc1ccccc1. The lowest BCUT2D eigenvalue weighted by Gasteiger charge is -2.00. The quantitative estimate of drug-likeness (QED) is 0.864. The highest BCUT2D eigenvalue weighted by Crippen LogP contribution is 2.15. The molecule has 0 radical (unpaired) electrons. The van der Waals surface area contributed by atoms with Gasteiger partial charge in [-0.15, -0.1) is 0 Å². The van der Waals surface area contributed by atoms with Gasteiger partial charge >= 0.3 is 0 Å². The fourth-order valence-electron chi connectivity index (χ4n) is 1.14. The Morgan fingerprint density at radius 1 is 0.706 bits per heavy atom. The lowest BCUT2D eigenvalue weighted by atomic mass is 10.3. The summed E-state index contributed by atoms with van der Waals surface area (Å²) >= 11 is 0. The minimum absolute atomic E-state index is 0.322. The average molecular weight is 232 g/mol. The Balaban J connectivity index is 0.000000181. The minimum atomic E-state index is 0.322. The Hall–Kier alpha value is -2.16. The molecule has 0 bridgehead atoms. The first-order valence-electron chi connectivity index (χ1n) is 5.18. The van der Waals surface area contributed by atoms with Crippen molar-refractivity contribution >= 4 is 0 Å². The predicted octanol–water partition coefficient (Wildman–Crippen LogP) is 3.10. The van der Waals surface area contributed by atoms with Gasteiger partial charge in [-0.1, -0.05) is 18.2 Å². The maximum Gasteiger partial charge on any atom is 0.119 e.